The van der Waals surface area contributed by atoms with E-state index in [0.717, 1.165) is 0 Å². The van der Waals surface area contributed by atoms with E-state index < -0.39 is 16.6 Å². The molecule has 1 atom stereocenters. The number of carbonyl (C=O) groups excluding carboxylic acids is 1. The minimum atomic E-state index is -1.60. The van der Waals surface area contributed by atoms with Gasteiger partial charge in [0.15, 0.2) is 0 Å². The summed E-state index contributed by atoms with van der Waals surface area (Å²) in [6, 6.07) is 5.16. The zero-order valence-electron chi connectivity index (χ0n) is 13.0. The van der Waals surface area contributed by atoms with Crippen LogP contribution in [-0.2, 0) is 16.0 Å². The lowest BCUT2D eigenvalue weighted by Crippen LogP contribution is -2.42. The van der Waals surface area contributed by atoms with Crippen LogP contribution in [0.5, 0.6) is 5.75 Å². The van der Waals surface area contributed by atoms with Crippen LogP contribution in [0.3, 0.4) is 0 Å². The van der Waals surface area contributed by atoms with E-state index in [4.69, 9.17) is 15.6 Å². The van der Waals surface area contributed by atoms with Crippen molar-refractivity contribution in [2.45, 2.75) is 13.8 Å². The summed E-state index contributed by atoms with van der Waals surface area (Å²) in [5, 5.41) is 11.4. The summed E-state index contributed by atoms with van der Waals surface area (Å²) in [5.74, 6) is 0.350. The van der Waals surface area contributed by atoms with Gasteiger partial charge in [0.2, 0.25) is 17.1 Å². The van der Waals surface area contributed by atoms with Gasteiger partial charge in [0.25, 0.3) is 0 Å². The smallest absolute Gasteiger partial charge is 0.245 e. The lowest BCUT2D eigenvalue weighted by molar-refractivity contribution is -0.131. The second-order valence-electron chi connectivity index (χ2n) is 5.66. The van der Waals surface area contributed by atoms with Crippen molar-refractivity contribution in [3.63, 3.8) is 0 Å². The fourth-order valence-corrected chi connectivity index (χ4v) is 2.66. The first-order chi connectivity index (χ1) is 10.8. The number of nitrogens with one attached hydrogen (secondary N) is 2. The molecule has 1 amide bonds. The van der Waals surface area contributed by atoms with Crippen molar-refractivity contribution in [1.82, 2.24) is 5.32 Å². The number of benzene rings is 1. The third-order valence-corrected chi connectivity index (χ3v) is 4.02. The number of hydrogen-bond acceptors (Lipinski definition) is 5. The van der Waals surface area contributed by atoms with Crippen molar-refractivity contribution in [3.05, 3.63) is 23.8 Å². The summed E-state index contributed by atoms with van der Waals surface area (Å²) in [4.78, 5) is 12.0. The molecule has 0 saturated heterocycles. The molecule has 5 N–H and O–H groups in total. The molecule has 0 aliphatic carbocycles. The summed E-state index contributed by atoms with van der Waals surface area (Å²) >= 11 is -1.60. The Morgan fingerprint density at radius 2 is 2.26 bits per heavy atom. The van der Waals surface area contributed by atoms with Gasteiger partial charge in [0.05, 0.1) is 23.3 Å². The maximum absolute atomic E-state index is 12.0. The van der Waals surface area contributed by atoms with E-state index in [2.05, 4.69) is 14.4 Å². The molecule has 1 aromatic rings. The third-order valence-electron chi connectivity index (χ3n) is 3.26. The zero-order chi connectivity index (χ0) is 17.0. The van der Waals surface area contributed by atoms with Crippen LogP contribution in [0.4, 0.5) is 5.69 Å². The van der Waals surface area contributed by atoms with E-state index in [-0.39, 0.29) is 31.5 Å². The number of nitrogens with two attached hydrogens (primary N) is 1. The van der Waals surface area contributed by atoms with Crippen LogP contribution in [0, 0.1) is 5.41 Å². The SMILES string of the molecule is CC(C)(COc1cccc2c1C(N)=NS(=O)N2)C(=O)NCCO. The van der Waals surface area contributed by atoms with Crippen molar-refractivity contribution in [3.8, 4) is 5.75 Å². The predicted molar refractivity (Wildman–Crippen MR) is 88.3 cm³/mol. The van der Waals surface area contributed by atoms with Gasteiger partial charge in [0, 0.05) is 6.54 Å². The molecular formula is C14H20N4O4S. The molecule has 0 spiro atoms. The Balaban J connectivity index is 2.14. The van der Waals surface area contributed by atoms with E-state index >= 15 is 0 Å². The van der Waals surface area contributed by atoms with Gasteiger partial charge >= 0.3 is 0 Å². The highest BCUT2D eigenvalue weighted by Crippen LogP contribution is 2.30. The van der Waals surface area contributed by atoms with Gasteiger partial charge in [-0.1, -0.05) is 6.07 Å². The van der Waals surface area contributed by atoms with Crippen LogP contribution < -0.4 is 20.5 Å². The van der Waals surface area contributed by atoms with Gasteiger partial charge in [0.1, 0.15) is 18.2 Å². The molecule has 1 aliphatic heterocycles. The Hall–Kier alpha value is -2.13. The van der Waals surface area contributed by atoms with Gasteiger partial charge in [-0.3, -0.25) is 9.52 Å². The molecule has 8 nitrogen and oxygen atoms in total. The van der Waals surface area contributed by atoms with Crippen molar-refractivity contribution < 1.29 is 18.8 Å². The lowest BCUT2D eigenvalue weighted by Gasteiger charge is -2.25. The largest absolute Gasteiger partial charge is 0.492 e. The molecule has 0 fully saturated rings. The quantitative estimate of drug-likeness (QED) is 0.576. The molecule has 23 heavy (non-hydrogen) atoms. The number of amidine groups is 1. The fraction of sp³-hybridized carbons (Fsp3) is 0.429. The summed E-state index contributed by atoms with van der Waals surface area (Å²) in [7, 11) is 0. The van der Waals surface area contributed by atoms with Crippen LogP contribution in [0.1, 0.15) is 19.4 Å². The highest BCUT2D eigenvalue weighted by Gasteiger charge is 2.29. The molecule has 0 radical (unpaired) electrons. The number of rotatable bonds is 6. The van der Waals surface area contributed by atoms with Gasteiger partial charge in [-0.2, -0.15) is 4.40 Å². The van der Waals surface area contributed by atoms with Crippen molar-refractivity contribution >= 4 is 28.6 Å². The van der Waals surface area contributed by atoms with E-state index in [1.165, 1.54) is 0 Å². The summed E-state index contributed by atoms with van der Waals surface area (Å²) in [6.07, 6.45) is 0. The van der Waals surface area contributed by atoms with Crippen molar-refractivity contribution in [1.29, 1.82) is 0 Å². The number of amides is 1. The second-order valence-corrected chi connectivity index (χ2v) is 6.54. The third kappa shape index (κ3) is 3.99. The van der Waals surface area contributed by atoms with Gasteiger partial charge < -0.3 is 20.9 Å². The number of nitrogens with zero attached hydrogens (tertiary/aromatic N) is 1. The standard InChI is InChI=1S/C14H20N4O4S/c1-14(2,13(20)16-6-7-19)8-22-10-5-3-4-9-11(10)12(15)18-23(21)17-9/h3-5,17,19H,6-8H2,1-2H3,(H2,15,18)(H,16,20). The van der Waals surface area contributed by atoms with Gasteiger partial charge in [-0.05, 0) is 26.0 Å². The van der Waals surface area contributed by atoms with Crippen LogP contribution >= 0.6 is 0 Å². The molecule has 9 heteroatoms. The highest BCUT2D eigenvalue weighted by molar-refractivity contribution is 7.85. The molecule has 1 unspecified atom stereocenters. The van der Waals surface area contributed by atoms with Crippen molar-refractivity contribution in [2.75, 3.05) is 24.5 Å². The normalized spacial score (nSPS) is 16.8. The number of carbonyl (C=O) groups is 1. The van der Waals surface area contributed by atoms with Gasteiger partial charge in [-0.25, -0.2) is 4.21 Å². The monoisotopic (exact) mass is 340 g/mol. The molecule has 1 heterocycles. The van der Waals surface area contributed by atoms with Crippen LogP contribution in [0.2, 0.25) is 0 Å². The van der Waals surface area contributed by atoms with Crippen LogP contribution in [0.25, 0.3) is 0 Å². The topological polar surface area (TPSA) is 126 Å². The molecule has 0 saturated carbocycles. The first-order valence-corrected chi connectivity index (χ1v) is 8.14. The van der Waals surface area contributed by atoms with Gasteiger partial charge in [-0.15, -0.1) is 0 Å². The first kappa shape index (κ1) is 17.2. The first-order valence-electron chi connectivity index (χ1n) is 7.03. The number of anilines is 1. The number of hydrogen-bond donors (Lipinski definition) is 4. The number of ether oxygens (including phenoxy) is 1. The molecule has 126 valence electrons. The minimum absolute atomic E-state index is 0.108. The lowest BCUT2D eigenvalue weighted by atomic mass is 9.93. The Morgan fingerprint density at radius 3 is 2.96 bits per heavy atom. The maximum Gasteiger partial charge on any atom is 0.245 e. The Labute approximate surface area is 136 Å². The fourth-order valence-electron chi connectivity index (χ4n) is 1.98. The number of fused-ring (bicyclic) bond motifs is 1. The van der Waals surface area contributed by atoms with E-state index in [1.807, 2.05) is 0 Å². The number of aliphatic hydroxyl groups excluding tert-OH is 1. The summed E-state index contributed by atoms with van der Waals surface area (Å²) in [5.41, 5.74) is 6.13. The highest BCUT2D eigenvalue weighted by atomic mass is 32.2. The molecule has 2 rings (SSSR count). The Kier molecular flexibility index (Phi) is 5.22. The van der Waals surface area contributed by atoms with Crippen LogP contribution in [-0.4, -0.2) is 40.8 Å². The molecule has 0 bridgehead atoms. The van der Waals surface area contributed by atoms with Crippen LogP contribution in [0.15, 0.2) is 22.6 Å². The Morgan fingerprint density at radius 1 is 1.52 bits per heavy atom. The molecular weight excluding hydrogens is 320 g/mol. The minimum Gasteiger partial charge on any atom is -0.492 e. The molecule has 1 aliphatic rings. The summed E-state index contributed by atoms with van der Waals surface area (Å²) < 4.78 is 23.7. The Bertz CT molecular complexity index is 660. The maximum atomic E-state index is 12.0. The average Bonchev–Trinajstić information content (AvgIpc) is 2.49. The average molecular weight is 340 g/mol. The number of aliphatic hydroxyl groups is 1. The second kappa shape index (κ2) is 6.97. The van der Waals surface area contributed by atoms with E-state index in [9.17, 15) is 9.00 Å². The molecule has 1 aromatic carbocycles. The van der Waals surface area contributed by atoms with E-state index in [0.29, 0.717) is 17.0 Å². The predicted octanol–water partition coefficient (Wildman–Crippen LogP) is -0.0904. The molecule has 0 aromatic heterocycles. The summed E-state index contributed by atoms with van der Waals surface area (Å²) in [6.45, 7) is 3.65. The van der Waals surface area contributed by atoms with Crippen molar-refractivity contribution in [2.24, 2.45) is 15.5 Å². The zero-order valence-corrected chi connectivity index (χ0v) is 13.8. The van der Waals surface area contributed by atoms with E-state index in [1.54, 1.807) is 32.0 Å².